The standard InChI is InChI=1S/C44H68N4O11.CH4/c1-30(2)14-15-36-43(5,59-36)40-39(54-6)35(16-18-44(40)29-57-44)58-38(51)13-10-23-55-25-26-56-24-21-46-37(50)17-19-45-33(27-31(3)4)42(53)48-34(41(52)47-20-22-49)28-32-11-8-7-9-12-32;/h7-9,11-12,14,22,31,33-36,39-40,45H,10,13,15-21,23-29H2,1-6H3,(H,46,50)(H,47,52)(H,48,53);1H4/t33-,34-,35?,36+,39?,40?,43-,44-;/m0./s1. The minimum Gasteiger partial charge on any atom is -0.460 e. The Balaban J connectivity index is 0.00000961. The van der Waals surface area contributed by atoms with Gasteiger partial charge in [0.25, 0.3) is 0 Å². The van der Waals surface area contributed by atoms with Crippen LogP contribution in [0.5, 0.6) is 0 Å². The van der Waals surface area contributed by atoms with Crippen molar-refractivity contribution in [3.8, 4) is 0 Å². The van der Waals surface area contributed by atoms with E-state index in [0.29, 0.717) is 65.1 Å². The van der Waals surface area contributed by atoms with Crippen molar-refractivity contribution in [1.29, 1.82) is 0 Å². The molecule has 2 saturated heterocycles. The van der Waals surface area contributed by atoms with E-state index >= 15 is 0 Å². The summed E-state index contributed by atoms with van der Waals surface area (Å²) in [7, 11) is 1.67. The number of esters is 1. The first-order valence-corrected chi connectivity index (χ1v) is 21.2. The van der Waals surface area contributed by atoms with Crippen LogP contribution in [0, 0.1) is 11.8 Å². The fourth-order valence-corrected chi connectivity index (χ4v) is 8.00. The summed E-state index contributed by atoms with van der Waals surface area (Å²) >= 11 is 0. The van der Waals surface area contributed by atoms with Gasteiger partial charge in [-0.25, -0.2) is 0 Å². The third-order valence-corrected chi connectivity index (χ3v) is 11.2. The van der Waals surface area contributed by atoms with Gasteiger partial charge in [0, 0.05) is 46.1 Å². The largest absolute Gasteiger partial charge is 0.460 e. The Bertz CT molecular complexity index is 1530. The van der Waals surface area contributed by atoms with E-state index in [0.717, 1.165) is 18.4 Å². The van der Waals surface area contributed by atoms with E-state index in [2.05, 4.69) is 48.1 Å². The predicted octanol–water partition coefficient (Wildman–Crippen LogP) is 3.61. The Labute approximate surface area is 357 Å². The van der Waals surface area contributed by atoms with Crippen LogP contribution in [0.15, 0.2) is 42.0 Å². The number of aldehydes is 1. The van der Waals surface area contributed by atoms with Crippen LogP contribution in [0.3, 0.4) is 0 Å². The van der Waals surface area contributed by atoms with E-state index in [4.69, 9.17) is 28.4 Å². The number of epoxide rings is 2. The predicted molar refractivity (Wildman–Crippen MR) is 227 cm³/mol. The van der Waals surface area contributed by atoms with Crippen LogP contribution in [0.1, 0.15) is 92.6 Å². The van der Waals surface area contributed by atoms with Gasteiger partial charge in [-0.05, 0) is 64.4 Å². The number of hydrogen-bond acceptors (Lipinski definition) is 12. The molecule has 15 nitrogen and oxygen atoms in total. The van der Waals surface area contributed by atoms with Gasteiger partial charge in [0.15, 0.2) is 0 Å². The summed E-state index contributed by atoms with van der Waals surface area (Å²) in [5.41, 5.74) is 1.46. The molecule has 3 fully saturated rings. The van der Waals surface area contributed by atoms with Gasteiger partial charge >= 0.3 is 5.97 Å². The van der Waals surface area contributed by atoms with Crippen LogP contribution < -0.4 is 21.3 Å². The van der Waals surface area contributed by atoms with Crippen molar-refractivity contribution in [3.63, 3.8) is 0 Å². The van der Waals surface area contributed by atoms with E-state index in [1.807, 2.05) is 44.2 Å². The lowest BCUT2D eigenvalue weighted by Crippen LogP contribution is -2.55. The maximum atomic E-state index is 13.3. The van der Waals surface area contributed by atoms with Gasteiger partial charge in [-0.3, -0.25) is 19.2 Å². The highest BCUT2D eigenvalue weighted by atomic mass is 16.6. The molecule has 3 aliphatic rings. The Hall–Kier alpha value is -3.73. The molecule has 1 saturated carbocycles. The van der Waals surface area contributed by atoms with Crippen molar-refractivity contribution in [2.75, 3.05) is 59.8 Å². The molecule has 4 rings (SSSR count). The Morgan fingerprint density at radius 1 is 0.950 bits per heavy atom. The maximum Gasteiger partial charge on any atom is 0.306 e. The number of carbonyl (C=O) groups is 5. The number of amides is 3. The van der Waals surface area contributed by atoms with Crippen molar-refractivity contribution >= 4 is 30.0 Å². The summed E-state index contributed by atoms with van der Waals surface area (Å²) in [6.07, 6.45) is 6.19. The Kier molecular flexibility index (Phi) is 21.3. The average molecular weight is 845 g/mol. The molecule has 3 amide bonds. The number of hydrogen-bond donors (Lipinski definition) is 4. The van der Waals surface area contributed by atoms with Crippen molar-refractivity contribution in [3.05, 3.63) is 47.5 Å². The lowest BCUT2D eigenvalue weighted by Gasteiger charge is -2.42. The van der Waals surface area contributed by atoms with Crippen molar-refractivity contribution in [2.45, 2.75) is 135 Å². The molecule has 1 aliphatic carbocycles. The molecular weight excluding hydrogens is 773 g/mol. The maximum absolute atomic E-state index is 13.3. The molecule has 60 heavy (non-hydrogen) atoms. The summed E-state index contributed by atoms with van der Waals surface area (Å²) in [6, 6.07) is 7.82. The summed E-state index contributed by atoms with van der Waals surface area (Å²) in [5.74, 6) is -1.11. The summed E-state index contributed by atoms with van der Waals surface area (Å²) in [5, 5.41) is 11.4. The van der Waals surface area contributed by atoms with Crippen molar-refractivity contribution in [2.24, 2.45) is 11.8 Å². The highest BCUT2D eigenvalue weighted by Crippen LogP contribution is 2.59. The third kappa shape index (κ3) is 15.9. The zero-order chi connectivity index (χ0) is 42.8. The lowest BCUT2D eigenvalue weighted by molar-refractivity contribution is -0.172. The molecule has 2 aliphatic heterocycles. The van der Waals surface area contributed by atoms with Crippen molar-refractivity contribution < 1.29 is 52.4 Å². The number of benzene rings is 1. The lowest BCUT2D eigenvalue weighted by atomic mass is 9.68. The first-order valence-electron chi connectivity index (χ1n) is 21.2. The third-order valence-electron chi connectivity index (χ3n) is 11.2. The zero-order valence-corrected chi connectivity index (χ0v) is 35.9. The van der Waals surface area contributed by atoms with Gasteiger partial charge in [0.05, 0.1) is 51.0 Å². The van der Waals surface area contributed by atoms with Crippen LogP contribution in [0.25, 0.3) is 0 Å². The summed E-state index contributed by atoms with van der Waals surface area (Å²) in [4.78, 5) is 62.3. The first kappa shape index (κ1) is 50.6. The van der Waals surface area contributed by atoms with Crippen LogP contribution in [-0.2, 0) is 58.8 Å². The van der Waals surface area contributed by atoms with Gasteiger partial charge in [-0.15, -0.1) is 0 Å². The van der Waals surface area contributed by atoms with Gasteiger partial charge in [0.2, 0.25) is 17.7 Å². The average Bonchev–Trinajstić information content (AvgIpc) is 4.13. The monoisotopic (exact) mass is 845 g/mol. The number of rotatable bonds is 28. The fourth-order valence-electron chi connectivity index (χ4n) is 8.00. The topological polar surface area (TPSA) is 195 Å². The number of ether oxygens (including phenoxy) is 6. The normalized spacial score (nSPS) is 25.0. The highest BCUT2D eigenvalue weighted by molar-refractivity contribution is 5.90. The minimum absolute atomic E-state index is 0. The van der Waals surface area contributed by atoms with Crippen LogP contribution >= 0.6 is 0 Å². The summed E-state index contributed by atoms with van der Waals surface area (Å²) in [6.45, 7) is 12.7. The van der Waals surface area contributed by atoms with Crippen LogP contribution in [0.4, 0.5) is 0 Å². The number of methoxy groups -OCH3 is 1. The van der Waals surface area contributed by atoms with Crippen molar-refractivity contribution in [1.82, 2.24) is 21.3 Å². The second-order valence-electron chi connectivity index (χ2n) is 16.6. The molecule has 8 atom stereocenters. The van der Waals surface area contributed by atoms with Gasteiger partial charge < -0.3 is 54.5 Å². The molecule has 2 heterocycles. The molecule has 0 bridgehead atoms. The SMILES string of the molecule is C.COC1C(OC(=O)CCCOCCOCCNC(=O)CCN[C@@H](CC(C)C)C(=O)N[C@@H](Cc2ccccc2)C(=O)NCC=O)CC[C@]2(CO2)C1[C@@]1(C)O[C@@H]1CC=C(C)C. The van der Waals surface area contributed by atoms with Crippen LogP contribution in [-0.4, -0.2) is 131 Å². The van der Waals surface area contributed by atoms with E-state index in [1.165, 1.54) is 5.57 Å². The zero-order valence-electron chi connectivity index (χ0n) is 35.9. The smallest absolute Gasteiger partial charge is 0.306 e. The van der Waals surface area contributed by atoms with E-state index in [9.17, 15) is 24.0 Å². The van der Waals surface area contributed by atoms with Gasteiger partial charge in [-0.2, -0.15) is 0 Å². The first-order chi connectivity index (χ1) is 28.3. The second-order valence-corrected chi connectivity index (χ2v) is 16.6. The summed E-state index contributed by atoms with van der Waals surface area (Å²) < 4.78 is 35.4. The molecule has 4 N–H and O–H groups in total. The molecule has 1 aromatic rings. The highest BCUT2D eigenvalue weighted by Gasteiger charge is 2.72. The number of carbonyl (C=O) groups excluding carboxylic acids is 5. The fraction of sp³-hybridized carbons (Fsp3) is 0.711. The Morgan fingerprint density at radius 2 is 1.67 bits per heavy atom. The van der Waals surface area contributed by atoms with Crippen LogP contribution in [0.2, 0.25) is 0 Å². The van der Waals surface area contributed by atoms with E-state index in [-0.39, 0.29) is 98.9 Å². The quantitative estimate of drug-likeness (QED) is 0.0315. The molecule has 3 unspecified atom stereocenters. The Morgan fingerprint density at radius 3 is 2.32 bits per heavy atom. The molecule has 338 valence electrons. The molecular formula is C45H72N4O11. The number of allylic oxidation sites excluding steroid dienone is 1. The second kappa shape index (κ2) is 25.3. The molecule has 0 radical (unpaired) electrons. The minimum atomic E-state index is -0.868. The van der Waals surface area contributed by atoms with Gasteiger partial charge in [-0.1, -0.05) is 63.3 Å². The van der Waals surface area contributed by atoms with E-state index in [1.54, 1.807) is 7.11 Å². The molecule has 15 heteroatoms. The molecule has 1 aromatic carbocycles. The van der Waals surface area contributed by atoms with E-state index < -0.39 is 18.0 Å². The van der Waals surface area contributed by atoms with Gasteiger partial charge in [0.1, 0.15) is 35.7 Å². The number of nitrogens with one attached hydrogen (secondary N) is 4. The molecule has 0 aromatic heterocycles. The molecule has 1 spiro atoms.